The second kappa shape index (κ2) is 6.73. The van der Waals surface area contributed by atoms with E-state index in [-0.39, 0.29) is 11.5 Å². The highest BCUT2D eigenvalue weighted by Gasteiger charge is 2.33. The fourth-order valence-corrected chi connectivity index (χ4v) is 4.88. The van der Waals surface area contributed by atoms with Gasteiger partial charge in [-0.1, -0.05) is 16.5 Å². The molecule has 0 aromatic carbocycles. The maximum absolute atomic E-state index is 12.8. The van der Waals surface area contributed by atoms with Crippen LogP contribution in [0.2, 0.25) is 0 Å². The van der Waals surface area contributed by atoms with Gasteiger partial charge in [0, 0.05) is 22.6 Å². The highest BCUT2D eigenvalue weighted by atomic mass is 32.1. The Labute approximate surface area is 164 Å². The number of rotatable bonds is 5. The van der Waals surface area contributed by atoms with Gasteiger partial charge in [0.05, 0.1) is 12.2 Å². The van der Waals surface area contributed by atoms with Gasteiger partial charge in [-0.25, -0.2) is 4.79 Å². The van der Waals surface area contributed by atoms with Crippen LogP contribution in [0.15, 0.2) is 15.7 Å². The summed E-state index contributed by atoms with van der Waals surface area (Å²) in [5, 5.41) is 17.7. The Morgan fingerprint density at radius 1 is 1.14 bits per heavy atom. The number of ether oxygens (including phenoxy) is 1. The summed E-state index contributed by atoms with van der Waals surface area (Å²) in [6, 6.07) is 0. The van der Waals surface area contributed by atoms with Gasteiger partial charge in [-0.15, -0.1) is 0 Å². The van der Waals surface area contributed by atoms with Crippen molar-refractivity contribution < 1.29 is 24.0 Å². The summed E-state index contributed by atoms with van der Waals surface area (Å²) < 4.78 is 11.3. The lowest BCUT2D eigenvalue weighted by Crippen LogP contribution is -2.16. The molecule has 8 nitrogen and oxygen atoms in total. The summed E-state index contributed by atoms with van der Waals surface area (Å²) in [4.78, 5) is 28.8. The van der Waals surface area contributed by atoms with E-state index in [4.69, 9.17) is 9.26 Å². The van der Waals surface area contributed by atoms with Crippen LogP contribution >= 0.6 is 11.3 Å². The second-order valence-electron chi connectivity index (χ2n) is 7.33. The van der Waals surface area contributed by atoms with E-state index in [0.717, 1.165) is 36.3 Å². The number of carboxylic acids is 1. The van der Waals surface area contributed by atoms with Gasteiger partial charge in [0.1, 0.15) is 5.00 Å². The smallest absolute Gasteiger partial charge is 0.332 e. The lowest BCUT2D eigenvalue weighted by Gasteiger charge is -2.12. The molecule has 0 unspecified atom stereocenters. The monoisotopic (exact) mass is 401 g/mol. The van der Waals surface area contributed by atoms with Gasteiger partial charge in [0.15, 0.2) is 10.9 Å². The van der Waals surface area contributed by atoms with Crippen LogP contribution in [0.5, 0.6) is 5.06 Å². The molecule has 3 aliphatic rings. The number of carbonyl (C=O) groups excluding carboxylic acids is 1. The molecule has 5 rings (SSSR count). The molecule has 1 aliphatic heterocycles. The first-order valence-electron chi connectivity index (χ1n) is 9.51. The lowest BCUT2D eigenvalue weighted by molar-refractivity contribution is -0.133. The van der Waals surface area contributed by atoms with E-state index in [9.17, 15) is 14.7 Å². The first kappa shape index (κ1) is 17.4. The van der Waals surface area contributed by atoms with E-state index >= 15 is 0 Å². The van der Waals surface area contributed by atoms with Gasteiger partial charge in [-0.2, -0.15) is 4.98 Å². The summed E-state index contributed by atoms with van der Waals surface area (Å²) in [6.45, 7) is 0.631. The lowest BCUT2D eigenvalue weighted by atomic mass is 10.1. The average Bonchev–Trinajstić information content (AvgIpc) is 3.10. The van der Waals surface area contributed by atoms with E-state index in [1.54, 1.807) is 0 Å². The highest BCUT2D eigenvalue weighted by Crippen LogP contribution is 2.48. The standard InChI is InChI=1S/C19H19N3O5S/c23-15(10-3-1-4-11(10)18(24)25)21-17-13(12-5-2-8-26-19(12)28-17)16-20-14(22-27-16)9-6-7-9/h9H,1-8H2,(H,21,23)(H,24,25). The van der Waals surface area contributed by atoms with Crippen molar-refractivity contribution in [1.82, 2.24) is 10.1 Å². The number of hydrogen-bond acceptors (Lipinski definition) is 7. The third-order valence-electron chi connectivity index (χ3n) is 5.35. The van der Waals surface area contributed by atoms with Crippen LogP contribution in [0.25, 0.3) is 11.5 Å². The normalized spacial score (nSPS) is 18.7. The average molecular weight is 401 g/mol. The summed E-state index contributed by atoms with van der Waals surface area (Å²) in [6.07, 6.45) is 5.39. The number of hydrogen-bond donors (Lipinski definition) is 2. The molecule has 2 aliphatic carbocycles. The van der Waals surface area contributed by atoms with Crippen LogP contribution in [-0.2, 0) is 16.0 Å². The van der Waals surface area contributed by atoms with Crippen LogP contribution in [-0.4, -0.2) is 33.7 Å². The van der Waals surface area contributed by atoms with E-state index in [1.807, 2.05) is 0 Å². The summed E-state index contributed by atoms with van der Waals surface area (Å²) in [5.41, 5.74) is 2.22. The predicted molar refractivity (Wildman–Crippen MR) is 101 cm³/mol. The molecule has 28 heavy (non-hydrogen) atoms. The molecule has 3 heterocycles. The summed E-state index contributed by atoms with van der Waals surface area (Å²) in [5.74, 6) is 0.0528. The molecule has 0 spiro atoms. The highest BCUT2D eigenvalue weighted by molar-refractivity contribution is 7.19. The number of thiophene rings is 1. The molecule has 1 fully saturated rings. The number of carbonyl (C=O) groups is 2. The molecule has 2 N–H and O–H groups in total. The van der Waals surface area contributed by atoms with Crippen molar-refractivity contribution >= 4 is 28.2 Å². The maximum Gasteiger partial charge on any atom is 0.332 e. The van der Waals surface area contributed by atoms with E-state index < -0.39 is 5.97 Å². The Bertz CT molecular complexity index is 1000. The number of fused-ring (bicyclic) bond motifs is 1. The minimum atomic E-state index is -1.03. The molecule has 9 heteroatoms. The largest absolute Gasteiger partial charge is 0.484 e. The van der Waals surface area contributed by atoms with Crippen LogP contribution in [0, 0.1) is 0 Å². The van der Waals surface area contributed by atoms with Crippen LogP contribution < -0.4 is 10.1 Å². The molecular weight excluding hydrogens is 382 g/mol. The number of nitrogens with zero attached hydrogens (tertiary/aromatic N) is 2. The zero-order valence-electron chi connectivity index (χ0n) is 15.1. The van der Waals surface area contributed by atoms with Crippen LogP contribution in [0.4, 0.5) is 5.00 Å². The Balaban J connectivity index is 1.52. The number of anilines is 1. The fourth-order valence-electron chi connectivity index (χ4n) is 3.77. The number of aromatic nitrogens is 2. The van der Waals surface area contributed by atoms with Crippen molar-refractivity contribution in [3.8, 4) is 16.5 Å². The Morgan fingerprint density at radius 3 is 2.75 bits per heavy atom. The van der Waals surface area contributed by atoms with Gasteiger partial charge >= 0.3 is 5.97 Å². The van der Waals surface area contributed by atoms with E-state index in [0.29, 0.717) is 59.6 Å². The van der Waals surface area contributed by atoms with Gasteiger partial charge in [-0.3, -0.25) is 4.79 Å². The molecular formula is C19H19N3O5S. The van der Waals surface area contributed by atoms with Gasteiger partial charge in [0.2, 0.25) is 0 Å². The second-order valence-corrected chi connectivity index (χ2v) is 8.31. The van der Waals surface area contributed by atoms with Crippen molar-refractivity contribution in [1.29, 1.82) is 0 Å². The van der Waals surface area contributed by atoms with Crippen molar-refractivity contribution in [2.45, 2.75) is 50.9 Å². The number of nitrogens with one attached hydrogen (secondary N) is 1. The Morgan fingerprint density at radius 2 is 1.96 bits per heavy atom. The number of aliphatic carboxylic acids is 1. The molecule has 0 saturated heterocycles. The third-order valence-corrected chi connectivity index (χ3v) is 6.41. The van der Waals surface area contributed by atoms with Crippen LogP contribution in [0.3, 0.4) is 0 Å². The molecule has 0 atom stereocenters. The van der Waals surface area contributed by atoms with Gasteiger partial charge < -0.3 is 19.7 Å². The van der Waals surface area contributed by atoms with Crippen molar-refractivity contribution in [2.75, 3.05) is 11.9 Å². The molecule has 0 bridgehead atoms. The topological polar surface area (TPSA) is 115 Å². The Kier molecular flexibility index (Phi) is 4.19. The molecule has 1 amide bonds. The van der Waals surface area contributed by atoms with Gasteiger partial charge in [0.25, 0.3) is 11.8 Å². The van der Waals surface area contributed by atoms with E-state index in [2.05, 4.69) is 15.5 Å². The predicted octanol–water partition coefficient (Wildman–Crippen LogP) is 3.50. The summed E-state index contributed by atoms with van der Waals surface area (Å²) >= 11 is 1.33. The Hall–Kier alpha value is -2.68. The SMILES string of the molecule is O=C(O)C1=C(C(=O)Nc2sc3c(c2-c2nc(C4CC4)no2)CCCO3)CCC1. The molecule has 0 radical (unpaired) electrons. The number of carboxylic acid groups (broad SMARTS) is 1. The van der Waals surface area contributed by atoms with Crippen molar-refractivity contribution in [3.63, 3.8) is 0 Å². The summed E-state index contributed by atoms with van der Waals surface area (Å²) in [7, 11) is 0. The first-order valence-corrected chi connectivity index (χ1v) is 10.3. The van der Waals surface area contributed by atoms with Crippen LogP contribution in [0.1, 0.15) is 55.8 Å². The molecule has 2 aromatic heterocycles. The third kappa shape index (κ3) is 2.99. The molecule has 1 saturated carbocycles. The minimum Gasteiger partial charge on any atom is -0.484 e. The minimum absolute atomic E-state index is 0.199. The molecule has 2 aromatic rings. The number of amides is 1. The van der Waals surface area contributed by atoms with Crippen molar-refractivity contribution in [3.05, 3.63) is 22.5 Å². The quantitative estimate of drug-likeness (QED) is 0.788. The molecule has 146 valence electrons. The zero-order valence-corrected chi connectivity index (χ0v) is 15.9. The van der Waals surface area contributed by atoms with Gasteiger partial charge in [-0.05, 0) is 44.9 Å². The maximum atomic E-state index is 12.8. The van der Waals surface area contributed by atoms with E-state index in [1.165, 1.54) is 11.3 Å². The zero-order chi connectivity index (χ0) is 19.3. The first-order chi connectivity index (χ1) is 13.6. The fraction of sp³-hybridized carbons (Fsp3) is 0.474. The van der Waals surface area contributed by atoms with Crippen molar-refractivity contribution in [2.24, 2.45) is 0 Å².